The molecule has 2 N–H and O–H groups in total. The highest BCUT2D eigenvalue weighted by Gasteiger charge is 2.46. The summed E-state index contributed by atoms with van der Waals surface area (Å²) in [5, 5.41) is 3.44. The van der Waals surface area contributed by atoms with E-state index in [0.29, 0.717) is 37.1 Å². The molecule has 0 radical (unpaired) electrons. The number of nitrogens with zero attached hydrogens (tertiary/aromatic N) is 1. The summed E-state index contributed by atoms with van der Waals surface area (Å²) in [4.78, 5) is 1.94. The van der Waals surface area contributed by atoms with Crippen LogP contribution in [0.4, 0.5) is 18.9 Å². The second-order valence-corrected chi connectivity index (χ2v) is 11.2. The standard InChI is InChI=1S/C24H30F3N3O2S/c1-30(2)11-6-12-33(31,32)29-18-14-19-20-13-17(24(25,26)27)9-10-22(20)28-23(21(19)15-18)16-7-4-3-5-8-16/h3-5,7-10,13,18-19,21,23,28-29H,6,11-12,14-15H2,1-2H3/t18-,19+,21+,23-/m0/s1. The predicted molar refractivity (Wildman–Crippen MR) is 124 cm³/mol. The van der Waals surface area contributed by atoms with Crippen LogP contribution in [-0.4, -0.2) is 45.8 Å². The van der Waals surface area contributed by atoms with Crippen LogP contribution in [0.2, 0.25) is 0 Å². The fraction of sp³-hybridized carbons (Fsp3) is 0.500. The smallest absolute Gasteiger partial charge is 0.378 e. The zero-order chi connectivity index (χ0) is 23.8. The minimum absolute atomic E-state index is 0.0159. The first-order valence-electron chi connectivity index (χ1n) is 11.2. The number of anilines is 1. The molecule has 0 amide bonds. The molecule has 4 rings (SSSR count). The van der Waals surface area contributed by atoms with Crippen molar-refractivity contribution >= 4 is 15.7 Å². The normalized spacial score (nSPS) is 24.9. The molecule has 1 saturated carbocycles. The number of benzene rings is 2. The van der Waals surface area contributed by atoms with E-state index in [1.54, 1.807) is 0 Å². The highest BCUT2D eigenvalue weighted by atomic mass is 32.2. The highest BCUT2D eigenvalue weighted by molar-refractivity contribution is 7.89. The summed E-state index contributed by atoms with van der Waals surface area (Å²) in [7, 11) is 0.316. The van der Waals surface area contributed by atoms with Crippen molar-refractivity contribution in [3.8, 4) is 0 Å². The molecule has 0 aromatic heterocycles. The zero-order valence-corrected chi connectivity index (χ0v) is 19.6. The first kappa shape index (κ1) is 24.0. The molecule has 1 fully saturated rings. The third kappa shape index (κ3) is 5.53. The molecular formula is C24H30F3N3O2S. The summed E-state index contributed by atoms with van der Waals surface area (Å²) < 4.78 is 68.4. The van der Waals surface area contributed by atoms with Gasteiger partial charge in [0.15, 0.2) is 0 Å². The van der Waals surface area contributed by atoms with Crippen molar-refractivity contribution in [1.82, 2.24) is 9.62 Å². The maximum absolute atomic E-state index is 13.4. The van der Waals surface area contributed by atoms with Crippen LogP contribution in [0.1, 0.15) is 47.9 Å². The van der Waals surface area contributed by atoms with E-state index >= 15 is 0 Å². The maximum atomic E-state index is 13.4. The fourth-order valence-corrected chi connectivity index (χ4v) is 6.55. The first-order valence-corrected chi connectivity index (χ1v) is 12.9. The molecule has 2 aliphatic rings. The Balaban J connectivity index is 1.61. The Kier molecular flexibility index (Phi) is 6.75. The second-order valence-electron chi connectivity index (χ2n) is 9.36. The van der Waals surface area contributed by atoms with E-state index in [4.69, 9.17) is 0 Å². The van der Waals surface area contributed by atoms with Gasteiger partial charge in [0.05, 0.1) is 17.4 Å². The van der Waals surface area contributed by atoms with Gasteiger partial charge in [0.1, 0.15) is 0 Å². The van der Waals surface area contributed by atoms with Crippen LogP contribution in [0.25, 0.3) is 0 Å². The van der Waals surface area contributed by atoms with Gasteiger partial charge in [-0.15, -0.1) is 0 Å². The molecule has 9 heteroatoms. The molecule has 2 aromatic rings. The molecule has 180 valence electrons. The summed E-state index contributed by atoms with van der Waals surface area (Å²) in [5.74, 6) is -0.146. The van der Waals surface area contributed by atoms with Gasteiger partial charge < -0.3 is 10.2 Å². The van der Waals surface area contributed by atoms with E-state index in [0.717, 1.165) is 11.6 Å². The summed E-state index contributed by atoms with van der Waals surface area (Å²) >= 11 is 0. The fourth-order valence-electron chi connectivity index (χ4n) is 5.22. The van der Waals surface area contributed by atoms with Gasteiger partial charge in [-0.1, -0.05) is 30.3 Å². The zero-order valence-electron chi connectivity index (χ0n) is 18.8. The molecule has 0 saturated heterocycles. The van der Waals surface area contributed by atoms with Gasteiger partial charge in [0, 0.05) is 11.7 Å². The van der Waals surface area contributed by atoms with Gasteiger partial charge in [-0.2, -0.15) is 13.2 Å². The number of fused-ring (bicyclic) bond motifs is 3. The molecule has 2 aromatic carbocycles. The predicted octanol–water partition coefficient (Wildman–Crippen LogP) is 4.61. The average Bonchev–Trinajstić information content (AvgIpc) is 3.15. The molecule has 0 unspecified atom stereocenters. The number of hydrogen-bond acceptors (Lipinski definition) is 4. The van der Waals surface area contributed by atoms with Crippen LogP contribution in [0, 0.1) is 5.92 Å². The van der Waals surface area contributed by atoms with Crippen molar-refractivity contribution in [2.24, 2.45) is 5.92 Å². The molecule has 1 heterocycles. The van der Waals surface area contributed by atoms with Gasteiger partial charge in [-0.3, -0.25) is 0 Å². The van der Waals surface area contributed by atoms with Crippen molar-refractivity contribution < 1.29 is 21.6 Å². The van der Waals surface area contributed by atoms with Crippen LogP contribution in [0.15, 0.2) is 48.5 Å². The van der Waals surface area contributed by atoms with Crippen LogP contribution in [-0.2, 0) is 16.2 Å². The van der Waals surface area contributed by atoms with Gasteiger partial charge in [0.25, 0.3) is 0 Å². The van der Waals surface area contributed by atoms with E-state index in [1.807, 2.05) is 49.3 Å². The maximum Gasteiger partial charge on any atom is 0.416 e. The van der Waals surface area contributed by atoms with Crippen LogP contribution in [0.3, 0.4) is 0 Å². The summed E-state index contributed by atoms with van der Waals surface area (Å²) in [6.07, 6.45) is -2.85. The molecule has 1 aliphatic carbocycles. The second kappa shape index (κ2) is 9.27. The Morgan fingerprint density at radius 2 is 1.82 bits per heavy atom. The molecule has 0 spiro atoms. The third-order valence-electron chi connectivity index (χ3n) is 6.65. The summed E-state index contributed by atoms with van der Waals surface area (Å²) in [6.45, 7) is 0.671. The van der Waals surface area contributed by atoms with Gasteiger partial charge in [0.2, 0.25) is 10.0 Å². The van der Waals surface area contributed by atoms with Gasteiger partial charge in [-0.25, -0.2) is 13.1 Å². The van der Waals surface area contributed by atoms with E-state index in [2.05, 4.69) is 10.0 Å². The number of halogens is 3. The first-order chi connectivity index (χ1) is 15.5. The Morgan fingerprint density at radius 1 is 1.09 bits per heavy atom. The van der Waals surface area contributed by atoms with Crippen molar-refractivity contribution in [1.29, 1.82) is 0 Å². The van der Waals surface area contributed by atoms with Gasteiger partial charge >= 0.3 is 6.18 Å². The average molecular weight is 482 g/mol. The lowest BCUT2D eigenvalue weighted by Gasteiger charge is -2.38. The largest absolute Gasteiger partial charge is 0.416 e. The van der Waals surface area contributed by atoms with E-state index < -0.39 is 21.8 Å². The lowest BCUT2D eigenvalue weighted by molar-refractivity contribution is -0.137. The summed E-state index contributed by atoms with van der Waals surface area (Å²) in [5.41, 5.74) is 1.68. The van der Waals surface area contributed by atoms with Crippen molar-refractivity contribution in [2.75, 3.05) is 31.7 Å². The minimum atomic E-state index is -4.42. The third-order valence-corrected chi connectivity index (χ3v) is 8.17. The highest BCUT2D eigenvalue weighted by Crippen LogP contribution is 2.53. The van der Waals surface area contributed by atoms with E-state index in [1.165, 1.54) is 12.1 Å². The monoisotopic (exact) mass is 481 g/mol. The van der Waals surface area contributed by atoms with Crippen molar-refractivity contribution in [3.05, 3.63) is 65.2 Å². The Morgan fingerprint density at radius 3 is 2.48 bits per heavy atom. The lowest BCUT2D eigenvalue weighted by Crippen LogP contribution is -2.35. The summed E-state index contributed by atoms with van der Waals surface area (Å²) in [6, 6.07) is 13.2. The number of nitrogens with one attached hydrogen (secondary N) is 2. The molecule has 0 bridgehead atoms. The SMILES string of the molecule is CN(C)CCCS(=O)(=O)N[C@@H]1C[C@@H]2[C@H](C1)c1cc(C(F)(F)F)ccc1N[C@H]2c1ccccc1. The Bertz CT molecular complexity index is 1070. The molecule has 33 heavy (non-hydrogen) atoms. The topological polar surface area (TPSA) is 61.4 Å². The van der Waals surface area contributed by atoms with Crippen LogP contribution >= 0.6 is 0 Å². The quantitative estimate of drug-likeness (QED) is 0.607. The van der Waals surface area contributed by atoms with Crippen molar-refractivity contribution in [2.45, 2.75) is 43.4 Å². The van der Waals surface area contributed by atoms with Crippen LogP contribution in [0.5, 0.6) is 0 Å². The number of alkyl halides is 3. The van der Waals surface area contributed by atoms with Gasteiger partial charge in [-0.05, 0) is 81.1 Å². The molecule has 4 atom stereocenters. The van der Waals surface area contributed by atoms with Crippen molar-refractivity contribution in [3.63, 3.8) is 0 Å². The number of hydrogen-bond donors (Lipinski definition) is 2. The molecular weight excluding hydrogens is 451 g/mol. The Labute approximate surface area is 193 Å². The molecule has 5 nitrogen and oxygen atoms in total. The van der Waals surface area contributed by atoms with E-state index in [9.17, 15) is 21.6 Å². The number of rotatable bonds is 7. The van der Waals surface area contributed by atoms with Crippen LogP contribution < -0.4 is 10.0 Å². The minimum Gasteiger partial charge on any atom is -0.378 e. The lowest BCUT2D eigenvalue weighted by atomic mass is 9.77. The Hall–Kier alpha value is -2.10. The van der Waals surface area contributed by atoms with E-state index in [-0.39, 0.29) is 29.7 Å². The molecule has 1 aliphatic heterocycles. The number of sulfonamides is 1.